The topological polar surface area (TPSA) is 115 Å². The summed E-state index contributed by atoms with van der Waals surface area (Å²) in [6.45, 7) is 11.7. The van der Waals surface area contributed by atoms with Gasteiger partial charge in [0.05, 0.1) is 48.8 Å². The predicted octanol–water partition coefficient (Wildman–Crippen LogP) is 3.88. The summed E-state index contributed by atoms with van der Waals surface area (Å²) < 4.78 is 29.2. The number of aromatic nitrogens is 1. The van der Waals surface area contributed by atoms with Crippen LogP contribution >= 0.6 is 11.3 Å². The first-order chi connectivity index (χ1) is 21.3. The van der Waals surface area contributed by atoms with Gasteiger partial charge in [0.2, 0.25) is 0 Å². The van der Waals surface area contributed by atoms with Crippen LogP contribution in [0.15, 0.2) is 70.1 Å². The van der Waals surface area contributed by atoms with E-state index in [-0.39, 0.29) is 24.3 Å². The Bertz CT molecular complexity index is 1770. The van der Waals surface area contributed by atoms with Crippen LogP contribution in [0.1, 0.15) is 50.4 Å². The number of fused-ring (bicyclic) bond motifs is 1. The van der Waals surface area contributed by atoms with Gasteiger partial charge in [-0.1, -0.05) is 29.5 Å². The molecule has 0 fully saturated rings. The number of esters is 2. The SMILES string of the molecule is C=CCc1cc(/C=c2\sc3n(c2=O)[C@H](c2ccc(OCC(=O)OC)c(OCC)c2)C(C(=O)OCC)=C(C)N=3)ccc1OCC. The Morgan fingerprint density at radius 2 is 1.73 bits per heavy atom. The van der Waals surface area contributed by atoms with E-state index in [1.54, 1.807) is 38.1 Å². The van der Waals surface area contributed by atoms with Gasteiger partial charge in [-0.25, -0.2) is 14.6 Å². The molecule has 0 N–H and O–H groups in total. The Labute approximate surface area is 259 Å². The molecule has 0 saturated heterocycles. The summed E-state index contributed by atoms with van der Waals surface area (Å²) in [6, 6.07) is 9.96. The number of carbonyl (C=O) groups excluding carboxylic acids is 2. The second-order valence-electron chi connectivity index (χ2n) is 9.60. The van der Waals surface area contributed by atoms with Gasteiger partial charge < -0.3 is 23.7 Å². The van der Waals surface area contributed by atoms with Crippen LogP contribution in [0, 0.1) is 0 Å². The van der Waals surface area contributed by atoms with Gasteiger partial charge >= 0.3 is 11.9 Å². The summed E-state index contributed by atoms with van der Waals surface area (Å²) in [6.07, 6.45) is 4.22. The zero-order valence-corrected chi connectivity index (χ0v) is 26.3. The van der Waals surface area contributed by atoms with Crippen molar-refractivity contribution < 1.29 is 33.3 Å². The first kappa shape index (κ1) is 32.3. The third kappa shape index (κ3) is 6.94. The van der Waals surface area contributed by atoms with Crippen molar-refractivity contribution >= 4 is 29.4 Å². The minimum absolute atomic E-state index is 0.155. The number of methoxy groups -OCH3 is 1. The summed E-state index contributed by atoms with van der Waals surface area (Å²) in [5.41, 5.74) is 2.73. The Balaban J connectivity index is 1.88. The highest BCUT2D eigenvalue weighted by Gasteiger charge is 2.34. The molecule has 1 atom stereocenters. The fraction of sp³-hybridized carbons (Fsp3) is 0.333. The quantitative estimate of drug-likeness (QED) is 0.209. The maximum atomic E-state index is 14.1. The average molecular weight is 621 g/mol. The van der Waals surface area contributed by atoms with Crippen molar-refractivity contribution in [1.82, 2.24) is 4.57 Å². The molecule has 232 valence electrons. The Morgan fingerprint density at radius 3 is 2.41 bits per heavy atom. The normalized spacial score (nSPS) is 14.4. The van der Waals surface area contributed by atoms with Crippen LogP contribution in [-0.2, 0) is 25.5 Å². The Morgan fingerprint density at radius 1 is 1.00 bits per heavy atom. The molecule has 4 rings (SSSR count). The lowest BCUT2D eigenvalue weighted by Crippen LogP contribution is -2.40. The third-order valence-electron chi connectivity index (χ3n) is 6.72. The largest absolute Gasteiger partial charge is 0.494 e. The van der Waals surface area contributed by atoms with Gasteiger partial charge in [0.25, 0.3) is 5.56 Å². The maximum Gasteiger partial charge on any atom is 0.343 e. The van der Waals surface area contributed by atoms with Crippen molar-refractivity contribution in [3.63, 3.8) is 0 Å². The van der Waals surface area contributed by atoms with Gasteiger partial charge in [-0.2, -0.15) is 0 Å². The average Bonchev–Trinajstić information content (AvgIpc) is 3.31. The maximum absolute atomic E-state index is 14.1. The zero-order valence-electron chi connectivity index (χ0n) is 25.5. The summed E-state index contributed by atoms with van der Waals surface area (Å²) in [7, 11) is 1.27. The number of allylic oxidation sites excluding steroid dienone is 2. The number of thiazole rings is 1. The third-order valence-corrected chi connectivity index (χ3v) is 7.70. The number of hydrogen-bond acceptors (Lipinski definition) is 10. The molecule has 1 aliphatic rings. The molecule has 10 nitrogen and oxygen atoms in total. The summed E-state index contributed by atoms with van der Waals surface area (Å²) in [5, 5.41) is 0. The van der Waals surface area contributed by atoms with Gasteiger partial charge in [0, 0.05) is 0 Å². The molecule has 0 saturated carbocycles. The van der Waals surface area contributed by atoms with E-state index in [0.29, 0.717) is 51.7 Å². The molecule has 0 aliphatic carbocycles. The van der Waals surface area contributed by atoms with Crippen LogP contribution in [0.2, 0.25) is 0 Å². The lowest BCUT2D eigenvalue weighted by atomic mass is 9.95. The van der Waals surface area contributed by atoms with Gasteiger partial charge in [0.15, 0.2) is 22.9 Å². The molecule has 0 bridgehead atoms. The molecule has 0 spiro atoms. The van der Waals surface area contributed by atoms with Gasteiger partial charge in [0.1, 0.15) is 5.75 Å². The van der Waals surface area contributed by atoms with Crippen molar-refractivity contribution in [2.45, 2.75) is 40.2 Å². The molecular weight excluding hydrogens is 584 g/mol. The van der Waals surface area contributed by atoms with E-state index < -0.39 is 18.0 Å². The van der Waals surface area contributed by atoms with Crippen molar-refractivity contribution in [2.75, 3.05) is 33.5 Å². The van der Waals surface area contributed by atoms with Gasteiger partial charge in [-0.15, -0.1) is 6.58 Å². The van der Waals surface area contributed by atoms with Crippen LogP contribution in [0.5, 0.6) is 17.2 Å². The van der Waals surface area contributed by atoms with Crippen LogP contribution in [0.25, 0.3) is 6.08 Å². The second kappa shape index (κ2) is 14.7. The number of nitrogens with zero attached hydrogens (tertiary/aromatic N) is 2. The molecule has 3 aromatic rings. The zero-order chi connectivity index (χ0) is 31.8. The lowest BCUT2D eigenvalue weighted by molar-refractivity contribution is -0.143. The molecule has 2 aromatic carbocycles. The fourth-order valence-electron chi connectivity index (χ4n) is 4.84. The summed E-state index contributed by atoms with van der Waals surface area (Å²) in [4.78, 5) is 44.1. The molecule has 1 aromatic heterocycles. The van der Waals surface area contributed by atoms with Crippen molar-refractivity contribution in [2.24, 2.45) is 4.99 Å². The number of hydrogen-bond donors (Lipinski definition) is 0. The van der Waals surface area contributed by atoms with Gasteiger partial charge in [-0.3, -0.25) is 9.36 Å². The van der Waals surface area contributed by atoms with E-state index in [1.165, 1.54) is 23.0 Å². The highest BCUT2D eigenvalue weighted by atomic mass is 32.1. The first-order valence-electron chi connectivity index (χ1n) is 14.3. The highest BCUT2D eigenvalue weighted by molar-refractivity contribution is 7.07. The number of rotatable bonds is 13. The van der Waals surface area contributed by atoms with Crippen LogP contribution in [0.4, 0.5) is 0 Å². The van der Waals surface area contributed by atoms with E-state index in [9.17, 15) is 14.4 Å². The minimum Gasteiger partial charge on any atom is -0.494 e. The van der Waals surface area contributed by atoms with E-state index in [2.05, 4.69) is 16.3 Å². The molecule has 2 heterocycles. The second-order valence-corrected chi connectivity index (χ2v) is 10.6. The van der Waals surface area contributed by atoms with Crippen molar-refractivity contribution in [3.05, 3.63) is 96.7 Å². The Hall–Kier alpha value is -4.64. The Kier molecular flexibility index (Phi) is 10.8. The van der Waals surface area contributed by atoms with Gasteiger partial charge in [-0.05, 0) is 81.1 Å². The van der Waals surface area contributed by atoms with Crippen LogP contribution in [0.3, 0.4) is 0 Å². The van der Waals surface area contributed by atoms with Crippen LogP contribution in [-0.4, -0.2) is 50.0 Å². The lowest BCUT2D eigenvalue weighted by Gasteiger charge is -2.25. The molecule has 0 radical (unpaired) electrons. The highest BCUT2D eigenvalue weighted by Crippen LogP contribution is 2.36. The monoisotopic (exact) mass is 620 g/mol. The molecule has 11 heteroatoms. The standard InChI is InChI=1S/C33H36N2O8S/c1-7-11-22-16-21(12-14-24(22)40-8-2)17-27-31(37)35-30(29(32(38)42-10-4)20(5)34-33(35)44-27)23-13-15-25(26(18-23)41-9-3)43-19-28(36)39-6/h7,12-18,30H,1,8-11,19H2,2-6H3/b27-17-/t30-/m1/s1. The molecule has 0 unspecified atom stereocenters. The number of ether oxygens (including phenoxy) is 5. The van der Waals surface area contributed by atoms with Crippen molar-refractivity contribution in [3.8, 4) is 17.2 Å². The number of carbonyl (C=O) groups is 2. The first-order valence-corrected chi connectivity index (χ1v) is 15.1. The van der Waals surface area contributed by atoms with Crippen molar-refractivity contribution in [1.29, 1.82) is 0 Å². The minimum atomic E-state index is -0.849. The van der Waals surface area contributed by atoms with E-state index in [4.69, 9.17) is 18.9 Å². The molecule has 44 heavy (non-hydrogen) atoms. The predicted molar refractivity (Wildman–Crippen MR) is 167 cm³/mol. The fourth-order valence-corrected chi connectivity index (χ4v) is 5.88. The van der Waals surface area contributed by atoms with E-state index in [0.717, 1.165) is 16.9 Å². The van der Waals surface area contributed by atoms with E-state index >= 15 is 0 Å². The molecule has 0 amide bonds. The summed E-state index contributed by atoms with van der Waals surface area (Å²) in [5.74, 6) is 0.314. The molecular formula is C33H36N2O8S. The van der Waals surface area contributed by atoms with E-state index in [1.807, 2.05) is 38.1 Å². The summed E-state index contributed by atoms with van der Waals surface area (Å²) >= 11 is 1.23. The van der Waals surface area contributed by atoms with Crippen LogP contribution < -0.4 is 29.1 Å². The number of benzene rings is 2. The smallest absolute Gasteiger partial charge is 0.343 e. The molecule has 1 aliphatic heterocycles.